The first-order chi connectivity index (χ1) is 28.3. The van der Waals surface area contributed by atoms with Gasteiger partial charge in [0.1, 0.15) is 5.52 Å². The number of anilines is 3. The predicted octanol–water partition coefficient (Wildman–Crippen LogP) is 14.5. The van der Waals surface area contributed by atoms with Crippen LogP contribution in [-0.2, 0) is 0 Å². The molecule has 0 saturated heterocycles. The van der Waals surface area contributed by atoms with Gasteiger partial charge in [0, 0.05) is 44.5 Å². The maximum Gasteiger partial charge on any atom is 0.227 e. The van der Waals surface area contributed by atoms with Gasteiger partial charge in [-0.3, -0.25) is 0 Å². The molecule has 9 aromatic carbocycles. The summed E-state index contributed by atoms with van der Waals surface area (Å²) in [6.07, 6.45) is 0. The summed E-state index contributed by atoms with van der Waals surface area (Å²) in [7, 11) is 0. The molecule has 268 valence electrons. The van der Waals surface area contributed by atoms with Crippen molar-refractivity contribution in [2.75, 3.05) is 4.90 Å². The van der Waals surface area contributed by atoms with E-state index in [1.807, 2.05) is 36.4 Å². The van der Waals surface area contributed by atoms with Crippen LogP contribution in [0, 0.1) is 0 Å². The molecule has 0 atom stereocenters. The summed E-state index contributed by atoms with van der Waals surface area (Å²) in [5, 5.41) is 4.66. The van der Waals surface area contributed by atoms with Crippen molar-refractivity contribution in [1.82, 2.24) is 9.55 Å². The second-order valence-electron chi connectivity index (χ2n) is 14.4. The van der Waals surface area contributed by atoms with Gasteiger partial charge in [-0.1, -0.05) is 140 Å². The highest BCUT2D eigenvalue weighted by atomic mass is 16.3. The van der Waals surface area contributed by atoms with Gasteiger partial charge < -0.3 is 13.9 Å². The highest BCUT2D eigenvalue weighted by molar-refractivity contribution is 6.12. The van der Waals surface area contributed by atoms with Gasteiger partial charge in [0.2, 0.25) is 5.89 Å². The van der Waals surface area contributed by atoms with E-state index < -0.39 is 0 Å². The summed E-state index contributed by atoms with van der Waals surface area (Å²) in [5.74, 6) is 0.625. The largest absolute Gasteiger partial charge is 0.436 e. The highest BCUT2D eigenvalue weighted by Crippen LogP contribution is 2.42. The molecule has 57 heavy (non-hydrogen) atoms. The zero-order valence-electron chi connectivity index (χ0n) is 31.0. The molecule has 0 bridgehead atoms. The average Bonchev–Trinajstić information content (AvgIpc) is 3.87. The van der Waals surface area contributed by atoms with Gasteiger partial charge in [-0.05, 0) is 100 Å². The maximum absolute atomic E-state index is 6.31. The van der Waals surface area contributed by atoms with Crippen LogP contribution in [0.25, 0.3) is 83.1 Å². The molecule has 0 N–H and O–H groups in total. The molecule has 0 spiro atoms. The number of hydrogen-bond acceptors (Lipinski definition) is 3. The molecule has 0 aliphatic carbocycles. The molecule has 0 saturated carbocycles. The number of para-hydroxylation sites is 2. The minimum atomic E-state index is 0.625. The Balaban J connectivity index is 1.08. The Morgan fingerprint density at radius 1 is 0.421 bits per heavy atom. The van der Waals surface area contributed by atoms with Crippen molar-refractivity contribution in [2.45, 2.75) is 0 Å². The van der Waals surface area contributed by atoms with E-state index in [1.165, 1.54) is 21.9 Å². The fourth-order valence-corrected chi connectivity index (χ4v) is 8.35. The predicted molar refractivity (Wildman–Crippen MR) is 237 cm³/mol. The van der Waals surface area contributed by atoms with Crippen molar-refractivity contribution in [3.63, 3.8) is 0 Å². The van der Waals surface area contributed by atoms with Crippen LogP contribution < -0.4 is 4.90 Å². The molecule has 0 radical (unpaired) electrons. The lowest BCUT2D eigenvalue weighted by Crippen LogP contribution is -2.10. The number of oxazole rings is 1. The van der Waals surface area contributed by atoms with Crippen LogP contribution in [0.15, 0.2) is 217 Å². The fourth-order valence-electron chi connectivity index (χ4n) is 8.35. The molecule has 0 aliphatic rings. The van der Waals surface area contributed by atoms with Gasteiger partial charge in [0.25, 0.3) is 0 Å². The zero-order valence-corrected chi connectivity index (χ0v) is 31.0. The van der Waals surface area contributed by atoms with Crippen LogP contribution in [0.4, 0.5) is 17.1 Å². The lowest BCUT2D eigenvalue weighted by Gasteiger charge is -2.26. The number of aromatic nitrogens is 2. The standard InChI is InChI=1S/C53H35N3O/c1-4-14-36(15-5-1)40-19-12-22-43(34-40)55(44-31-32-47-46-23-10-11-25-48(46)56(49(47)35-44)41-20-8-3-9-21-41)42-29-26-37(27-30-42)45-24-13-18-38-28-33-50-52(51(38)45)54-53(57-50)39-16-6-2-7-17-39/h1-35H. The van der Waals surface area contributed by atoms with Gasteiger partial charge in [-0.15, -0.1) is 0 Å². The number of nitrogens with zero attached hydrogens (tertiary/aromatic N) is 3. The van der Waals surface area contributed by atoms with Crippen LogP contribution >= 0.6 is 0 Å². The second kappa shape index (κ2) is 13.6. The molecule has 0 aliphatic heterocycles. The minimum absolute atomic E-state index is 0.625. The summed E-state index contributed by atoms with van der Waals surface area (Å²) in [4.78, 5) is 7.42. The fraction of sp³-hybridized carbons (Fsp3) is 0. The SMILES string of the molecule is c1ccc(-c2cccc(N(c3ccc(-c4cccc5ccc6oc(-c7ccccc7)nc6c45)cc3)c3ccc4c5ccccc5n(-c5ccccc5)c4c3)c2)cc1. The van der Waals surface area contributed by atoms with Gasteiger partial charge in [0.05, 0.1) is 11.0 Å². The Morgan fingerprint density at radius 2 is 1.07 bits per heavy atom. The van der Waals surface area contributed by atoms with E-state index in [4.69, 9.17) is 9.40 Å². The Morgan fingerprint density at radius 3 is 1.88 bits per heavy atom. The summed E-state index contributed by atoms with van der Waals surface area (Å²) >= 11 is 0. The summed E-state index contributed by atoms with van der Waals surface area (Å²) in [6.45, 7) is 0. The van der Waals surface area contributed by atoms with Crippen LogP contribution in [-0.4, -0.2) is 9.55 Å². The van der Waals surface area contributed by atoms with Crippen molar-refractivity contribution in [1.29, 1.82) is 0 Å². The quantitative estimate of drug-likeness (QED) is 0.164. The lowest BCUT2D eigenvalue weighted by molar-refractivity contribution is 0.620. The Labute approximate surface area is 330 Å². The van der Waals surface area contributed by atoms with Crippen molar-refractivity contribution in [3.8, 4) is 39.4 Å². The maximum atomic E-state index is 6.31. The number of hydrogen-bond donors (Lipinski definition) is 0. The lowest BCUT2D eigenvalue weighted by atomic mass is 9.97. The first-order valence-corrected chi connectivity index (χ1v) is 19.3. The molecule has 4 nitrogen and oxygen atoms in total. The third-order valence-electron chi connectivity index (χ3n) is 11.0. The first-order valence-electron chi connectivity index (χ1n) is 19.3. The van der Waals surface area contributed by atoms with Crippen LogP contribution in [0.2, 0.25) is 0 Å². The molecule has 11 aromatic rings. The van der Waals surface area contributed by atoms with Gasteiger partial charge in [-0.25, -0.2) is 4.98 Å². The molecule has 0 unspecified atom stereocenters. The Hall–Kier alpha value is -7.69. The topological polar surface area (TPSA) is 34.2 Å². The summed E-state index contributed by atoms with van der Waals surface area (Å²) < 4.78 is 8.69. The van der Waals surface area contributed by atoms with E-state index in [2.05, 4.69) is 185 Å². The third kappa shape index (κ3) is 5.66. The Bertz CT molecular complexity index is 3220. The summed E-state index contributed by atoms with van der Waals surface area (Å²) in [6, 6.07) is 75.3. The highest BCUT2D eigenvalue weighted by Gasteiger charge is 2.19. The molecular formula is C53H35N3O. The van der Waals surface area contributed by atoms with E-state index >= 15 is 0 Å². The zero-order chi connectivity index (χ0) is 37.7. The molecule has 2 aromatic heterocycles. The number of rotatable bonds is 7. The number of fused-ring (bicyclic) bond motifs is 6. The smallest absolute Gasteiger partial charge is 0.227 e. The number of benzene rings is 9. The Kier molecular flexibility index (Phi) is 7.78. The second-order valence-corrected chi connectivity index (χ2v) is 14.4. The molecule has 11 rings (SSSR count). The molecule has 4 heteroatoms. The van der Waals surface area contributed by atoms with Crippen molar-refractivity contribution >= 4 is 60.7 Å². The summed E-state index contributed by atoms with van der Waals surface area (Å²) in [5.41, 5.74) is 13.9. The normalized spacial score (nSPS) is 11.5. The monoisotopic (exact) mass is 729 g/mol. The third-order valence-corrected chi connectivity index (χ3v) is 11.0. The van der Waals surface area contributed by atoms with Crippen molar-refractivity contribution < 1.29 is 4.42 Å². The molecule has 2 heterocycles. The van der Waals surface area contributed by atoms with E-state index in [9.17, 15) is 0 Å². The molecular weight excluding hydrogens is 695 g/mol. The van der Waals surface area contributed by atoms with E-state index in [0.717, 1.165) is 72.4 Å². The van der Waals surface area contributed by atoms with Gasteiger partial charge in [0.15, 0.2) is 5.58 Å². The van der Waals surface area contributed by atoms with E-state index in [0.29, 0.717) is 5.89 Å². The van der Waals surface area contributed by atoms with Crippen LogP contribution in [0.3, 0.4) is 0 Å². The minimum Gasteiger partial charge on any atom is -0.436 e. The molecule has 0 amide bonds. The average molecular weight is 730 g/mol. The van der Waals surface area contributed by atoms with Crippen LogP contribution in [0.5, 0.6) is 0 Å². The van der Waals surface area contributed by atoms with Gasteiger partial charge >= 0.3 is 0 Å². The van der Waals surface area contributed by atoms with E-state index in [-0.39, 0.29) is 0 Å². The van der Waals surface area contributed by atoms with Gasteiger partial charge in [-0.2, -0.15) is 0 Å². The van der Waals surface area contributed by atoms with E-state index in [1.54, 1.807) is 0 Å². The van der Waals surface area contributed by atoms with Crippen molar-refractivity contribution in [2.24, 2.45) is 0 Å². The first kappa shape index (κ1) is 32.7. The molecule has 0 fully saturated rings. The van der Waals surface area contributed by atoms with Crippen molar-refractivity contribution in [3.05, 3.63) is 212 Å². The van der Waals surface area contributed by atoms with Crippen LogP contribution in [0.1, 0.15) is 0 Å².